The van der Waals surface area contributed by atoms with Crippen LogP contribution in [0.2, 0.25) is 5.02 Å². The lowest BCUT2D eigenvalue weighted by Crippen LogP contribution is -2.43. The standard InChI is InChI=1S/C20H22ClF3N4O2/c21-11-5-6-15-16(7-11)27-18(26-15)13-3-1-2-4-14(13)19(30)25-12-8-17(29)28(9-12)10-20(22,23)24/h5-7,12-14H,1-4,8-10H2,(H,25,30)(H,26,27)/t12-,13+,14+/m1/s1. The lowest BCUT2D eigenvalue weighted by molar-refractivity contribution is -0.157. The minimum Gasteiger partial charge on any atom is -0.351 e. The Bertz CT molecular complexity index is 961. The first kappa shape index (κ1) is 21.0. The summed E-state index contributed by atoms with van der Waals surface area (Å²) in [5, 5.41) is 3.39. The fraction of sp³-hybridized carbons (Fsp3) is 0.550. The number of carbonyl (C=O) groups is 2. The number of benzene rings is 1. The Morgan fingerprint density at radius 2 is 2.07 bits per heavy atom. The van der Waals surface area contributed by atoms with Gasteiger partial charge in [-0.25, -0.2) is 4.98 Å². The number of fused-ring (bicyclic) bond motifs is 1. The zero-order chi connectivity index (χ0) is 21.5. The molecule has 4 rings (SSSR count). The summed E-state index contributed by atoms with van der Waals surface area (Å²) in [6.45, 7) is -1.41. The number of nitrogens with zero attached hydrogens (tertiary/aromatic N) is 2. The van der Waals surface area contributed by atoms with Gasteiger partial charge in [0.15, 0.2) is 0 Å². The minimum absolute atomic E-state index is 0.109. The highest BCUT2D eigenvalue weighted by atomic mass is 35.5. The number of aromatic amines is 1. The summed E-state index contributed by atoms with van der Waals surface area (Å²) in [6.07, 6.45) is -1.25. The normalized spacial score (nSPS) is 25.1. The van der Waals surface area contributed by atoms with Gasteiger partial charge in [0, 0.05) is 29.8 Å². The second kappa shape index (κ2) is 8.09. The highest BCUT2D eigenvalue weighted by molar-refractivity contribution is 6.31. The van der Waals surface area contributed by atoms with Crippen molar-refractivity contribution in [2.24, 2.45) is 5.92 Å². The molecule has 30 heavy (non-hydrogen) atoms. The summed E-state index contributed by atoms with van der Waals surface area (Å²) in [4.78, 5) is 33.5. The lowest BCUT2D eigenvalue weighted by Gasteiger charge is -2.30. The molecule has 1 saturated carbocycles. The van der Waals surface area contributed by atoms with Crippen molar-refractivity contribution in [3.05, 3.63) is 29.0 Å². The van der Waals surface area contributed by atoms with Crippen LogP contribution < -0.4 is 5.32 Å². The number of imidazole rings is 1. The highest BCUT2D eigenvalue weighted by Gasteiger charge is 2.40. The van der Waals surface area contributed by atoms with Crippen LogP contribution >= 0.6 is 11.6 Å². The smallest absolute Gasteiger partial charge is 0.351 e. The summed E-state index contributed by atoms with van der Waals surface area (Å²) in [7, 11) is 0. The van der Waals surface area contributed by atoms with Crippen molar-refractivity contribution in [3.8, 4) is 0 Å². The first-order chi connectivity index (χ1) is 14.2. The molecule has 1 aromatic heterocycles. The van der Waals surface area contributed by atoms with E-state index in [-0.39, 0.29) is 30.7 Å². The molecule has 1 aromatic carbocycles. The van der Waals surface area contributed by atoms with Crippen LogP contribution in [0, 0.1) is 5.92 Å². The average molecular weight is 443 g/mol. The summed E-state index contributed by atoms with van der Waals surface area (Å²) in [5.74, 6) is -0.569. The fourth-order valence-electron chi connectivity index (χ4n) is 4.50. The van der Waals surface area contributed by atoms with Crippen molar-refractivity contribution in [1.82, 2.24) is 20.2 Å². The van der Waals surface area contributed by atoms with E-state index in [0.717, 1.165) is 35.2 Å². The summed E-state index contributed by atoms with van der Waals surface area (Å²) in [6, 6.07) is 4.74. The molecular formula is C20H22ClF3N4O2. The first-order valence-electron chi connectivity index (χ1n) is 9.99. The molecule has 1 saturated heterocycles. The third-order valence-electron chi connectivity index (χ3n) is 5.85. The van der Waals surface area contributed by atoms with Gasteiger partial charge in [-0.2, -0.15) is 13.2 Å². The summed E-state index contributed by atoms with van der Waals surface area (Å²) in [5.41, 5.74) is 1.56. The molecule has 10 heteroatoms. The summed E-state index contributed by atoms with van der Waals surface area (Å²) < 4.78 is 37.8. The number of H-pyrrole nitrogens is 1. The number of aromatic nitrogens is 2. The molecule has 1 aliphatic heterocycles. The molecule has 2 heterocycles. The van der Waals surface area contributed by atoms with Gasteiger partial charge in [-0.1, -0.05) is 24.4 Å². The largest absolute Gasteiger partial charge is 0.406 e. The number of hydrogen-bond donors (Lipinski definition) is 2. The zero-order valence-electron chi connectivity index (χ0n) is 16.1. The van der Waals surface area contributed by atoms with Crippen molar-refractivity contribution >= 4 is 34.4 Å². The number of likely N-dealkylation sites (tertiary alicyclic amines) is 1. The maximum atomic E-state index is 13.0. The third kappa shape index (κ3) is 4.55. The Kier molecular flexibility index (Phi) is 5.65. The average Bonchev–Trinajstić information content (AvgIpc) is 3.23. The van der Waals surface area contributed by atoms with E-state index in [4.69, 9.17) is 11.6 Å². The predicted molar refractivity (Wildman–Crippen MR) is 105 cm³/mol. The van der Waals surface area contributed by atoms with Crippen LogP contribution in [-0.2, 0) is 9.59 Å². The third-order valence-corrected chi connectivity index (χ3v) is 6.08. The van der Waals surface area contributed by atoms with Crippen LogP contribution in [0.25, 0.3) is 11.0 Å². The molecule has 6 nitrogen and oxygen atoms in total. The molecule has 2 aliphatic rings. The van der Waals surface area contributed by atoms with Crippen molar-refractivity contribution in [3.63, 3.8) is 0 Å². The molecule has 1 aliphatic carbocycles. The van der Waals surface area contributed by atoms with E-state index < -0.39 is 24.7 Å². The molecule has 162 valence electrons. The van der Waals surface area contributed by atoms with Crippen molar-refractivity contribution in [2.75, 3.05) is 13.1 Å². The summed E-state index contributed by atoms with van der Waals surface area (Å²) >= 11 is 6.04. The van der Waals surface area contributed by atoms with E-state index in [2.05, 4.69) is 15.3 Å². The molecule has 0 bridgehead atoms. The molecule has 3 atom stereocenters. The van der Waals surface area contributed by atoms with Gasteiger partial charge >= 0.3 is 6.18 Å². The van der Waals surface area contributed by atoms with E-state index in [0.29, 0.717) is 17.3 Å². The first-order valence-corrected chi connectivity index (χ1v) is 10.4. The van der Waals surface area contributed by atoms with Gasteiger partial charge in [0.05, 0.1) is 17.1 Å². The zero-order valence-corrected chi connectivity index (χ0v) is 16.9. The van der Waals surface area contributed by atoms with E-state index in [1.165, 1.54) is 0 Å². The Hall–Kier alpha value is -2.29. The Labute approximate surface area is 176 Å². The molecule has 0 spiro atoms. The Morgan fingerprint density at radius 1 is 1.30 bits per heavy atom. The van der Waals surface area contributed by atoms with E-state index in [1.54, 1.807) is 12.1 Å². The van der Waals surface area contributed by atoms with Gasteiger partial charge in [0.25, 0.3) is 0 Å². The second-order valence-electron chi connectivity index (χ2n) is 8.08. The topological polar surface area (TPSA) is 78.1 Å². The van der Waals surface area contributed by atoms with Crippen LogP contribution in [0.1, 0.15) is 43.8 Å². The number of halogens is 4. The quantitative estimate of drug-likeness (QED) is 0.756. The van der Waals surface area contributed by atoms with Gasteiger partial charge in [0.2, 0.25) is 11.8 Å². The molecule has 0 unspecified atom stereocenters. The van der Waals surface area contributed by atoms with Gasteiger partial charge in [0.1, 0.15) is 12.4 Å². The number of carbonyl (C=O) groups excluding carboxylic acids is 2. The lowest BCUT2D eigenvalue weighted by atomic mass is 9.78. The van der Waals surface area contributed by atoms with Crippen LogP contribution in [0.3, 0.4) is 0 Å². The molecule has 2 aromatic rings. The Balaban J connectivity index is 1.46. The number of rotatable bonds is 4. The van der Waals surface area contributed by atoms with Crippen LogP contribution in [0.15, 0.2) is 18.2 Å². The van der Waals surface area contributed by atoms with E-state index in [1.807, 2.05) is 6.07 Å². The van der Waals surface area contributed by atoms with Gasteiger partial charge < -0.3 is 15.2 Å². The number of nitrogens with one attached hydrogen (secondary N) is 2. The van der Waals surface area contributed by atoms with Gasteiger partial charge in [-0.3, -0.25) is 9.59 Å². The number of amides is 2. The van der Waals surface area contributed by atoms with Crippen molar-refractivity contribution in [1.29, 1.82) is 0 Å². The molecular weight excluding hydrogens is 421 g/mol. The number of alkyl halides is 3. The SMILES string of the molecule is O=C(N[C@@H]1CC(=O)N(CC(F)(F)F)C1)[C@H]1CCCC[C@@H]1c1nc2ccc(Cl)cc2[nH]1. The van der Waals surface area contributed by atoms with E-state index in [9.17, 15) is 22.8 Å². The maximum Gasteiger partial charge on any atom is 0.406 e. The molecule has 0 radical (unpaired) electrons. The monoisotopic (exact) mass is 442 g/mol. The molecule has 2 N–H and O–H groups in total. The minimum atomic E-state index is -4.45. The molecule has 2 fully saturated rings. The van der Waals surface area contributed by atoms with Crippen molar-refractivity contribution in [2.45, 2.75) is 50.2 Å². The predicted octanol–water partition coefficient (Wildman–Crippen LogP) is 3.77. The van der Waals surface area contributed by atoms with Crippen LogP contribution in [0.5, 0.6) is 0 Å². The second-order valence-corrected chi connectivity index (χ2v) is 8.52. The van der Waals surface area contributed by atoms with Gasteiger partial charge in [-0.15, -0.1) is 0 Å². The van der Waals surface area contributed by atoms with Crippen LogP contribution in [0.4, 0.5) is 13.2 Å². The Morgan fingerprint density at radius 3 is 2.83 bits per heavy atom. The maximum absolute atomic E-state index is 13.0. The van der Waals surface area contributed by atoms with E-state index >= 15 is 0 Å². The van der Waals surface area contributed by atoms with Gasteiger partial charge in [-0.05, 0) is 31.0 Å². The fourth-order valence-corrected chi connectivity index (χ4v) is 4.67. The highest BCUT2D eigenvalue weighted by Crippen LogP contribution is 2.38. The molecule has 2 amide bonds. The van der Waals surface area contributed by atoms with Crippen LogP contribution in [-0.4, -0.2) is 52.0 Å². The van der Waals surface area contributed by atoms with Crippen molar-refractivity contribution < 1.29 is 22.8 Å². The number of hydrogen-bond acceptors (Lipinski definition) is 3.